The van der Waals surface area contributed by atoms with Gasteiger partial charge in [-0.05, 0) is 62.3 Å². The van der Waals surface area contributed by atoms with Gasteiger partial charge in [0, 0.05) is 5.69 Å². The minimum Gasteiger partial charge on any atom is -0.493 e. The van der Waals surface area contributed by atoms with E-state index in [1.165, 1.54) is 4.68 Å². The zero-order valence-corrected chi connectivity index (χ0v) is 17.3. The molecule has 148 valence electrons. The largest absolute Gasteiger partial charge is 0.493 e. The van der Waals surface area contributed by atoms with E-state index in [9.17, 15) is 0 Å². The normalized spacial score (nSPS) is 11.3. The van der Waals surface area contributed by atoms with E-state index < -0.39 is 0 Å². The Hall–Kier alpha value is -2.94. The van der Waals surface area contributed by atoms with E-state index in [0.29, 0.717) is 23.1 Å². The van der Waals surface area contributed by atoms with Crippen molar-refractivity contribution in [3.05, 3.63) is 46.0 Å². The molecule has 2 aromatic heterocycles. The van der Waals surface area contributed by atoms with Crippen molar-refractivity contribution in [1.29, 1.82) is 0 Å². The van der Waals surface area contributed by atoms with Gasteiger partial charge in [0.15, 0.2) is 11.5 Å². The molecular weight excluding hydrogens is 376 g/mol. The number of rotatable bonds is 8. The van der Waals surface area contributed by atoms with Gasteiger partial charge in [-0.1, -0.05) is 13.3 Å². The molecule has 0 aliphatic carbocycles. The molecule has 28 heavy (non-hydrogen) atoms. The van der Waals surface area contributed by atoms with E-state index in [1.807, 2.05) is 38.1 Å². The smallest absolute Gasteiger partial charge is 0.271 e. The van der Waals surface area contributed by atoms with Crippen LogP contribution in [0.15, 0.2) is 29.4 Å². The van der Waals surface area contributed by atoms with Crippen molar-refractivity contribution in [3.8, 4) is 17.4 Å². The van der Waals surface area contributed by atoms with Crippen molar-refractivity contribution >= 4 is 18.4 Å². The number of nitrogens with one attached hydrogen (secondary N) is 1. The third-order valence-corrected chi connectivity index (χ3v) is 4.36. The van der Waals surface area contributed by atoms with Gasteiger partial charge < -0.3 is 9.47 Å². The van der Waals surface area contributed by atoms with E-state index in [0.717, 1.165) is 35.5 Å². The van der Waals surface area contributed by atoms with Gasteiger partial charge in [-0.3, -0.25) is 0 Å². The molecule has 0 unspecified atom stereocenters. The van der Waals surface area contributed by atoms with Crippen LogP contribution in [0.1, 0.15) is 36.7 Å². The first kappa shape index (κ1) is 19.8. The molecule has 3 aromatic rings. The van der Waals surface area contributed by atoms with Gasteiger partial charge in [0.25, 0.3) is 5.95 Å². The van der Waals surface area contributed by atoms with Crippen molar-refractivity contribution in [2.45, 2.75) is 33.6 Å². The second kappa shape index (κ2) is 8.83. The summed E-state index contributed by atoms with van der Waals surface area (Å²) in [6.07, 6.45) is 3.77. The van der Waals surface area contributed by atoms with Crippen LogP contribution in [0, 0.1) is 18.6 Å². The Labute approximate surface area is 168 Å². The van der Waals surface area contributed by atoms with Crippen molar-refractivity contribution in [2.24, 2.45) is 5.10 Å². The Morgan fingerprint density at radius 3 is 2.75 bits per heavy atom. The SMILES string of the molecule is CCCCOc1ccc(/C=N\n2c(-n3nc(C)cc3C)n[nH]c2=S)cc1OC. The van der Waals surface area contributed by atoms with Crippen LogP contribution >= 0.6 is 12.2 Å². The van der Waals surface area contributed by atoms with Gasteiger partial charge in [-0.25, -0.2) is 9.78 Å². The van der Waals surface area contributed by atoms with Crippen LogP contribution in [-0.2, 0) is 0 Å². The number of aromatic amines is 1. The molecule has 0 aliphatic heterocycles. The van der Waals surface area contributed by atoms with Gasteiger partial charge >= 0.3 is 0 Å². The van der Waals surface area contributed by atoms with Crippen LogP contribution in [0.2, 0.25) is 0 Å². The molecule has 0 saturated heterocycles. The van der Waals surface area contributed by atoms with E-state index >= 15 is 0 Å². The van der Waals surface area contributed by atoms with Crippen LogP contribution in [0.4, 0.5) is 0 Å². The average molecular weight is 401 g/mol. The lowest BCUT2D eigenvalue weighted by Gasteiger charge is -2.10. The van der Waals surface area contributed by atoms with Crippen molar-refractivity contribution in [2.75, 3.05) is 13.7 Å². The first-order chi connectivity index (χ1) is 13.5. The van der Waals surface area contributed by atoms with E-state index in [2.05, 4.69) is 27.3 Å². The second-order valence-corrected chi connectivity index (χ2v) is 6.72. The fraction of sp³-hybridized carbons (Fsp3) is 0.368. The number of nitrogens with zero attached hydrogens (tertiary/aromatic N) is 5. The van der Waals surface area contributed by atoms with Crippen LogP contribution < -0.4 is 9.47 Å². The van der Waals surface area contributed by atoms with Gasteiger partial charge in [0.2, 0.25) is 4.77 Å². The maximum atomic E-state index is 5.77. The summed E-state index contributed by atoms with van der Waals surface area (Å²) in [6, 6.07) is 7.64. The Bertz CT molecular complexity index is 1030. The quantitative estimate of drug-likeness (QED) is 0.353. The van der Waals surface area contributed by atoms with Crippen LogP contribution in [0.5, 0.6) is 11.5 Å². The van der Waals surface area contributed by atoms with Crippen LogP contribution in [-0.4, -0.2) is 44.6 Å². The predicted octanol–water partition coefficient (Wildman–Crippen LogP) is 3.81. The predicted molar refractivity (Wildman–Crippen MR) is 110 cm³/mol. The van der Waals surface area contributed by atoms with Crippen molar-refractivity contribution in [3.63, 3.8) is 0 Å². The summed E-state index contributed by atoms with van der Waals surface area (Å²) in [4.78, 5) is 0. The number of ether oxygens (including phenoxy) is 2. The molecule has 3 rings (SSSR count). The lowest BCUT2D eigenvalue weighted by atomic mass is 10.2. The van der Waals surface area contributed by atoms with Gasteiger partial charge in [0.1, 0.15) is 0 Å². The maximum Gasteiger partial charge on any atom is 0.271 e. The van der Waals surface area contributed by atoms with Crippen molar-refractivity contribution < 1.29 is 9.47 Å². The average Bonchev–Trinajstić information content (AvgIpc) is 3.21. The molecule has 1 N–H and O–H groups in total. The monoisotopic (exact) mass is 400 g/mol. The molecule has 0 fully saturated rings. The lowest BCUT2D eigenvalue weighted by Crippen LogP contribution is -2.07. The van der Waals surface area contributed by atoms with Crippen LogP contribution in [0.3, 0.4) is 0 Å². The van der Waals surface area contributed by atoms with Gasteiger partial charge in [-0.15, -0.1) is 5.10 Å². The zero-order valence-electron chi connectivity index (χ0n) is 16.5. The number of hydrogen-bond acceptors (Lipinski definition) is 6. The Balaban J connectivity index is 1.87. The summed E-state index contributed by atoms with van der Waals surface area (Å²) in [6.45, 7) is 6.67. The molecule has 2 heterocycles. The maximum absolute atomic E-state index is 5.77. The molecular formula is C19H24N6O2S. The molecule has 0 bridgehead atoms. The highest BCUT2D eigenvalue weighted by atomic mass is 32.1. The number of H-pyrrole nitrogens is 1. The molecule has 0 saturated carbocycles. The lowest BCUT2D eigenvalue weighted by molar-refractivity contribution is 0.288. The summed E-state index contributed by atoms with van der Waals surface area (Å²) in [5, 5.41) is 15.9. The van der Waals surface area contributed by atoms with Gasteiger partial charge in [-0.2, -0.15) is 14.9 Å². The first-order valence-electron chi connectivity index (χ1n) is 9.09. The van der Waals surface area contributed by atoms with E-state index in [-0.39, 0.29) is 0 Å². The number of aromatic nitrogens is 5. The summed E-state index contributed by atoms with van der Waals surface area (Å²) in [5.74, 6) is 1.88. The molecule has 8 nitrogen and oxygen atoms in total. The Morgan fingerprint density at radius 2 is 2.07 bits per heavy atom. The number of unbranched alkanes of at least 4 members (excludes halogenated alkanes) is 1. The minimum absolute atomic E-state index is 0.380. The summed E-state index contributed by atoms with van der Waals surface area (Å²) < 4.78 is 14.8. The molecule has 0 aliphatic rings. The highest BCUT2D eigenvalue weighted by Crippen LogP contribution is 2.27. The van der Waals surface area contributed by atoms with E-state index in [1.54, 1.807) is 18.0 Å². The molecule has 0 radical (unpaired) electrons. The molecule has 0 spiro atoms. The number of hydrogen-bond donors (Lipinski definition) is 1. The van der Waals surface area contributed by atoms with Gasteiger partial charge in [0.05, 0.1) is 25.6 Å². The molecule has 0 atom stereocenters. The topological polar surface area (TPSA) is 82.3 Å². The zero-order chi connectivity index (χ0) is 20.1. The second-order valence-electron chi connectivity index (χ2n) is 6.34. The third-order valence-electron chi connectivity index (χ3n) is 4.10. The fourth-order valence-corrected chi connectivity index (χ4v) is 2.86. The first-order valence-corrected chi connectivity index (χ1v) is 9.50. The van der Waals surface area contributed by atoms with Crippen LogP contribution in [0.25, 0.3) is 5.95 Å². The number of methoxy groups -OCH3 is 1. The number of aryl methyl sites for hydroxylation is 2. The number of benzene rings is 1. The minimum atomic E-state index is 0.380. The Morgan fingerprint density at radius 1 is 1.25 bits per heavy atom. The summed E-state index contributed by atoms with van der Waals surface area (Å²) in [7, 11) is 1.62. The van der Waals surface area contributed by atoms with E-state index in [4.69, 9.17) is 21.7 Å². The molecule has 9 heteroatoms. The highest BCUT2D eigenvalue weighted by molar-refractivity contribution is 7.71. The fourth-order valence-electron chi connectivity index (χ4n) is 2.69. The highest BCUT2D eigenvalue weighted by Gasteiger charge is 2.12. The van der Waals surface area contributed by atoms with Crippen molar-refractivity contribution in [1.82, 2.24) is 24.7 Å². The standard InChI is InChI=1S/C19H24N6O2S/c1-5-6-9-27-16-8-7-15(11-17(16)26-4)12-20-25-18(21-22-19(25)28)24-14(3)10-13(2)23-24/h7-8,10-12H,5-6,9H2,1-4H3,(H,22,28)/b20-12-. The summed E-state index contributed by atoms with van der Waals surface area (Å²) >= 11 is 5.31. The third kappa shape index (κ3) is 4.30. The molecule has 0 amide bonds. The summed E-state index contributed by atoms with van der Waals surface area (Å²) in [5.41, 5.74) is 2.69. The molecule has 1 aromatic carbocycles. The Kier molecular flexibility index (Phi) is 6.25.